The van der Waals surface area contributed by atoms with Crippen LogP contribution in [-0.4, -0.2) is 43.4 Å². The first-order valence-electron chi connectivity index (χ1n) is 5.70. The van der Waals surface area contributed by atoms with Gasteiger partial charge < -0.3 is 10.6 Å². The van der Waals surface area contributed by atoms with Gasteiger partial charge >= 0.3 is 0 Å². The Labute approximate surface area is 106 Å². The molecule has 7 heteroatoms. The molecule has 1 aromatic rings. The molecule has 98 valence electrons. The van der Waals surface area contributed by atoms with E-state index in [1.165, 1.54) is 0 Å². The lowest BCUT2D eigenvalue weighted by Crippen LogP contribution is -2.46. The molecule has 0 saturated carbocycles. The maximum atomic E-state index is 11.7. The third-order valence-electron chi connectivity index (χ3n) is 2.67. The van der Waals surface area contributed by atoms with Crippen molar-refractivity contribution in [3.63, 3.8) is 0 Å². The van der Waals surface area contributed by atoms with Gasteiger partial charge in [0.05, 0.1) is 11.5 Å². The molecule has 0 aliphatic carbocycles. The summed E-state index contributed by atoms with van der Waals surface area (Å²) in [6, 6.07) is 4.90. The normalized spacial score (nSPS) is 22.3. The molecule has 18 heavy (non-hydrogen) atoms. The summed E-state index contributed by atoms with van der Waals surface area (Å²) in [4.78, 5) is 15.7. The Kier molecular flexibility index (Phi) is 3.93. The molecule has 1 atom stereocenters. The second-order valence-corrected chi connectivity index (χ2v) is 6.46. The Balaban J connectivity index is 1.88. The molecule has 1 unspecified atom stereocenters. The molecule has 1 aliphatic rings. The van der Waals surface area contributed by atoms with Crippen LogP contribution in [0, 0.1) is 0 Å². The summed E-state index contributed by atoms with van der Waals surface area (Å²) < 4.78 is 22.8. The molecule has 1 fully saturated rings. The van der Waals surface area contributed by atoms with Gasteiger partial charge in [0.15, 0.2) is 9.84 Å². The van der Waals surface area contributed by atoms with Crippen molar-refractivity contribution >= 4 is 21.6 Å². The second kappa shape index (κ2) is 5.45. The standard InChI is InChI=1S/C11H15N3O3S/c15-11(14-10-3-1-2-4-13-10)7-9-8-18(16,17)6-5-12-9/h1-4,9,12H,5-8H2,(H,13,14,15). The van der Waals surface area contributed by atoms with E-state index >= 15 is 0 Å². The summed E-state index contributed by atoms with van der Waals surface area (Å²) in [5.41, 5.74) is 0. The van der Waals surface area contributed by atoms with E-state index in [4.69, 9.17) is 0 Å². The predicted octanol–water partition coefficient (Wildman–Crippen LogP) is -0.203. The number of amides is 1. The number of hydrogen-bond acceptors (Lipinski definition) is 5. The van der Waals surface area contributed by atoms with E-state index in [1.807, 2.05) is 0 Å². The van der Waals surface area contributed by atoms with E-state index in [1.54, 1.807) is 24.4 Å². The maximum Gasteiger partial charge on any atom is 0.227 e. The number of pyridine rings is 1. The van der Waals surface area contributed by atoms with Gasteiger partial charge in [0.25, 0.3) is 0 Å². The maximum absolute atomic E-state index is 11.7. The quantitative estimate of drug-likeness (QED) is 0.793. The Bertz CT molecular complexity index is 516. The Morgan fingerprint density at radius 1 is 1.50 bits per heavy atom. The number of aromatic nitrogens is 1. The zero-order chi connectivity index (χ0) is 13.0. The van der Waals surface area contributed by atoms with Crippen molar-refractivity contribution < 1.29 is 13.2 Å². The molecule has 0 aromatic carbocycles. The lowest BCUT2D eigenvalue weighted by molar-refractivity contribution is -0.116. The van der Waals surface area contributed by atoms with Crippen LogP contribution in [0.3, 0.4) is 0 Å². The van der Waals surface area contributed by atoms with Crippen LogP contribution in [0.25, 0.3) is 0 Å². The SMILES string of the molecule is O=C(CC1CS(=O)(=O)CCN1)Nc1ccccn1. The third kappa shape index (κ3) is 3.78. The van der Waals surface area contributed by atoms with Gasteiger partial charge in [0, 0.05) is 25.2 Å². The van der Waals surface area contributed by atoms with Crippen LogP contribution in [0.4, 0.5) is 5.82 Å². The van der Waals surface area contributed by atoms with Gasteiger partial charge in [0.1, 0.15) is 5.82 Å². The van der Waals surface area contributed by atoms with Crippen molar-refractivity contribution in [3.05, 3.63) is 24.4 Å². The first-order valence-corrected chi connectivity index (χ1v) is 7.52. The number of nitrogens with one attached hydrogen (secondary N) is 2. The van der Waals surface area contributed by atoms with Gasteiger partial charge in [-0.1, -0.05) is 6.07 Å². The largest absolute Gasteiger partial charge is 0.311 e. The minimum absolute atomic E-state index is 0.0165. The topological polar surface area (TPSA) is 88.2 Å². The zero-order valence-electron chi connectivity index (χ0n) is 9.80. The molecule has 1 amide bonds. The van der Waals surface area contributed by atoms with Gasteiger partial charge in [-0.2, -0.15) is 0 Å². The van der Waals surface area contributed by atoms with Crippen molar-refractivity contribution in [1.82, 2.24) is 10.3 Å². The van der Waals surface area contributed by atoms with E-state index in [0.29, 0.717) is 12.4 Å². The van der Waals surface area contributed by atoms with Crippen molar-refractivity contribution in [2.75, 3.05) is 23.4 Å². The molecule has 0 spiro atoms. The Morgan fingerprint density at radius 3 is 3.00 bits per heavy atom. The molecule has 0 radical (unpaired) electrons. The average molecular weight is 269 g/mol. The summed E-state index contributed by atoms with van der Waals surface area (Å²) in [5.74, 6) is 0.401. The smallest absolute Gasteiger partial charge is 0.227 e. The zero-order valence-corrected chi connectivity index (χ0v) is 10.6. The molecule has 0 bridgehead atoms. The van der Waals surface area contributed by atoms with E-state index in [0.717, 1.165) is 0 Å². The molecule has 2 heterocycles. The molecule has 1 aliphatic heterocycles. The summed E-state index contributed by atoms with van der Waals surface area (Å²) in [6.45, 7) is 0.407. The number of rotatable bonds is 3. The highest BCUT2D eigenvalue weighted by Crippen LogP contribution is 2.07. The van der Waals surface area contributed by atoms with Crippen LogP contribution >= 0.6 is 0 Å². The monoisotopic (exact) mass is 269 g/mol. The number of hydrogen-bond donors (Lipinski definition) is 2. The number of nitrogens with zero attached hydrogens (tertiary/aromatic N) is 1. The summed E-state index contributed by atoms with van der Waals surface area (Å²) in [5, 5.41) is 5.66. The van der Waals surface area contributed by atoms with Crippen LogP contribution < -0.4 is 10.6 Å². The van der Waals surface area contributed by atoms with Crippen molar-refractivity contribution in [1.29, 1.82) is 0 Å². The van der Waals surface area contributed by atoms with Crippen LogP contribution in [0.15, 0.2) is 24.4 Å². The molecule has 6 nitrogen and oxygen atoms in total. The lowest BCUT2D eigenvalue weighted by atomic mass is 10.2. The predicted molar refractivity (Wildman–Crippen MR) is 67.9 cm³/mol. The van der Waals surface area contributed by atoms with Crippen molar-refractivity contribution in [3.8, 4) is 0 Å². The first kappa shape index (κ1) is 13.0. The van der Waals surface area contributed by atoms with E-state index in [2.05, 4.69) is 15.6 Å². The fraction of sp³-hybridized carbons (Fsp3) is 0.455. The average Bonchev–Trinajstić information content (AvgIpc) is 2.28. The van der Waals surface area contributed by atoms with Crippen molar-refractivity contribution in [2.45, 2.75) is 12.5 Å². The third-order valence-corrected chi connectivity index (χ3v) is 4.40. The van der Waals surface area contributed by atoms with E-state index in [9.17, 15) is 13.2 Å². The molecular formula is C11H15N3O3S. The van der Waals surface area contributed by atoms with Crippen LogP contribution in [-0.2, 0) is 14.6 Å². The van der Waals surface area contributed by atoms with Crippen molar-refractivity contribution in [2.24, 2.45) is 0 Å². The van der Waals surface area contributed by atoms with Gasteiger partial charge in [-0.3, -0.25) is 4.79 Å². The lowest BCUT2D eigenvalue weighted by Gasteiger charge is -2.22. The molecule has 2 rings (SSSR count). The highest BCUT2D eigenvalue weighted by atomic mass is 32.2. The van der Waals surface area contributed by atoms with Gasteiger partial charge in [0.2, 0.25) is 5.91 Å². The Morgan fingerprint density at radius 2 is 2.33 bits per heavy atom. The summed E-state index contributed by atoms with van der Waals surface area (Å²) in [6.07, 6.45) is 1.72. The van der Waals surface area contributed by atoms with Crippen LogP contribution in [0.2, 0.25) is 0 Å². The molecule has 2 N–H and O–H groups in total. The minimum Gasteiger partial charge on any atom is -0.311 e. The van der Waals surface area contributed by atoms with E-state index in [-0.39, 0.29) is 29.9 Å². The number of carbonyl (C=O) groups excluding carboxylic acids is 1. The number of sulfone groups is 1. The number of carbonyl (C=O) groups is 1. The Hall–Kier alpha value is -1.47. The highest BCUT2D eigenvalue weighted by molar-refractivity contribution is 7.91. The fourth-order valence-electron chi connectivity index (χ4n) is 1.85. The van der Waals surface area contributed by atoms with Crippen LogP contribution in [0.5, 0.6) is 0 Å². The highest BCUT2D eigenvalue weighted by Gasteiger charge is 2.25. The van der Waals surface area contributed by atoms with Gasteiger partial charge in [-0.25, -0.2) is 13.4 Å². The number of anilines is 1. The molecular weight excluding hydrogens is 254 g/mol. The minimum atomic E-state index is -3.01. The first-order chi connectivity index (χ1) is 8.55. The summed E-state index contributed by atoms with van der Waals surface area (Å²) >= 11 is 0. The van der Waals surface area contributed by atoms with E-state index < -0.39 is 9.84 Å². The molecule has 1 aromatic heterocycles. The van der Waals surface area contributed by atoms with Gasteiger partial charge in [-0.15, -0.1) is 0 Å². The second-order valence-electron chi connectivity index (χ2n) is 4.23. The fourth-order valence-corrected chi connectivity index (χ4v) is 3.30. The molecule has 1 saturated heterocycles. The van der Waals surface area contributed by atoms with Gasteiger partial charge in [-0.05, 0) is 12.1 Å². The van der Waals surface area contributed by atoms with Crippen LogP contribution in [0.1, 0.15) is 6.42 Å². The summed E-state index contributed by atoms with van der Waals surface area (Å²) in [7, 11) is -3.01.